The van der Waals surface area contributed by atoms with Gasteiger partial charge in [-0.15, -0.1) is 0 Å². The molecule has 20 heavy (non-hydrogen) atoms. The maximum Gasteiger partial charge on any atom is 0.124 e. The van der Waals surface area contributed by atoms with Gasteiger partial charge < -0.3 is 15.5 Å². The van der Waals surface area contributed by atoms with E-state index < -0.39 is 6.10 Å². The zero-order valence-corrected chi connectivity index (χ0v) is 11.1. The molecule has 0 radical (unpaired) electrons. The van der Waals surface area contributed by atoms with Gasteiger partial charge >= 0.3 is 0 Å². The van der Waals surface area contributed by atoms with Gasteiger partial charge in [0, 0.05) is 24.5 Å². The molecular weight excluding hydrogens is 252 g/mol. The number of hydrogen-bond acceptors (Lipinski definition) is 4. The second-order valence-corrected chi connectivity index (χ2v) is 4.38. The Labute approximate surface area is 118 Å². The monoisotopic (exact) mass is 270 g/mol. The molecule has 0 aliphatic heterocycles. The Kier molecular flexibility index (Phi) is 5.15. The SMILES string of the molecule is Oc1ccccc1C=NCCN/C=C1/C=CC=CC1O. The molecule has 3 N–H and O–H groups in total. The summed E-state index contributed by atoms with van der Waals surface area (Å²) >= 11 is 0. The van der Waals surface area contributed by atoms with E-state index >= 15 is 0 Å². The zero-order valence-electron chi connectivity index (χ0n) is 11.1. The van der Waals surface area contributed by atoms with E-state index in [1.165, 1.54) is 0 Å². The highest BCUT2D eigenvalue weighted by Gasteiger charge is 2.05. The number of hydrogen-bond donors (Lipinski definition) is 3. The Morgan fingerprint density at radius 3 is 2.90 bits per heavy atom. The Hall–Kier alpha value is -2.33. The molecule has 4 nitrogen and oxygen atoms in total. The summed E-state index contributed by atoms with van der Waals surface area (Å²) in [7, 11) is 0. The molecule has 1 aliphatic rings. The summed E-state index contributed by atoms with van der Waals surface area (Å²) in [5, 5.41) is 22.3. The van der Waals surface area contributed by atoms with Crippen molar-refractivity contribution < 1.29 is 10.2 Å². The summed E-state index contributed by atoms with van der Waals surface area (Å²) in [6, 6.07) is 7.07. The molecule has 0 saturated heterocycles. The van der Waals surface area contributed by atoms with Crippen LogP contribution in [0.1, 0.15) is 5.56 Å². The number of aliphatic hydroxyl groups is 1. The standard InChI is InChI=1S/C16H18N2O2/c19-15-7-3-1-5-13(15)11-17-9-10-18-12-14-6-2-4-8-16(14)20/h1-8,11-12,15,17,19-20H,9-10H2/b13-11-,18-12?. The third-order valence-corrected chi connectivity index (χ3v) is 2.86. The number of aliphatic hydroxyl groups excluding tert-OH is 1. The van der Waals surface area contributed by atoms with Crippen LogP contribution in [0.5, 0.6) is 5.75 Å². The highest BCUT2D eigenvalue weighted by atomic mass is 16.3. The molecule has 1 aromatic rings. The highest BCUT2D eigenvalue weighted by Crippen LogP contribution is 2.12. The summed E-state index contributed by atoms with van der Waals surface area (Å²) in [6.45, 7) is 1.26. The first kappa shape index (κ1) is 14.1. The zero-order chi connectivity index (χ0) is 14.2. The topological polar surface area (TPSA) is 64.9 Å². The van der Waals surface area contributed by atoms with Crippen LogP contribution in [0.3, 0.4) is 0 Å². The minimum Gasteiger partial charge on any atom is -0.507 e. The van der Waals surface area contributed by atoms with Crippen molar-refractivity contribution in [1.29, 1.82) is 0 Å². The molecule has 0 amide bonds. The number of aliphatic imine (C=N–C) groups is 1. The minimum atomic E-state index is -0.544. The van der Waals surface area contributed by atoms with E-state index in [4.69, 9.17) is 0 Å². The first-order chi connectivity index (χ1) is 9.77. The van der Waals surface area contributed by atoms with Crippen LogP contribution in [0.4, 0.5) is 0 Å². The lowest BCUT2D eigenvalue weighted by Gasteiger charge is -2.10. The van der Waals surface area contributed by atoms with E-state index in [1.54, 1.807) is 30.6 Å². The Bertz CT molecular complexity index is 559. The van der Waals surface area contributed by atoms with Crippen molar-refractivity contribution in [2.75, 3.05) is 13.1 Å². The molecule has 2 rings (SSSR count). The molecular formula is C16H18N2O2. The molecule has 1 aromatic carbocycles. The predicted molar refractivity (Wildman–Crippen MR) is 80.9 cm³/mol. The number of para-hydroxylation sites is 1. The average molecular weight is 270 g/mol. The Morgan fingerprint density at radius 2 is 2.10 bits per heavy atom. The second kappa shape index (κ2) is 7.31. The number of benzene rings is 1. The Balaban J connectivity index is 1.75. The molecule has 1 unspecified atom stereocenters. The summed E-state index contributed by atoms with van der Waals surface area (Å²) in [5.74, 6) is 0.230. The molecule has 0 spiro atoms. The number of phenolic OH excluding ortho intramolecular Hbond substituents is 1. The summed E-state index contributed by atoms with van der Waals surface area (Å²) in [4.78, 5) is 4.23. The van der Waals surface area contributed by atoms with Crippen molar-refractivity contribution in [1.82, 2.24) is 5.32 Å². The fourth-order valence-electron chi connectivity index (χ4n) is 1.76. The van der Waals surface area contributed by atoms with Gasteiger partial charge in [0.15, 0.2) is 0 Å². The molecule has 1 atom stereocenters. The van der Waals surface area contributed by atoms with Gasteiger partial charge in [-0.3, -0.25) is 4.99 Å². The average Bonchev–Trinajstić information content (AvgIpc) is 2.46. The van der Waals surface area contributed by atoms with Crippen LogP contribution in [-0.4, -0.2) is 35.6 Å². The van der Waals surface area contributed by atoms with Gasteiger partial charge in [0.25, 0.3) is 0 Å². The van der Waals surface area contributed by atoms with Crippen LogP contribution in [-0.2, 0) is 0 Å². The number of phenols is 1. The maximum atomic E-state index is 9.65. The first-order valence-electron chi connectivity index (χ1n) is 6.51. The molecule has 1 aliphatic carbocycles. The van der Waals surface area contributed by atoms with Crippen molar-refractivity contribution in [3.05, 3.63) is 65.9 Å². The second-order valence-electron chi connectivity index (χ2n) is 4.38. The summed E-state index contributed by atoms with van der Waals surface area (Å²) in [6.07, 6.45) is 10.2. The number of nitrogens with one attached hydrogen (secondary N) is 1. The van der Waals surface area contributed by atoms with Crippen molar-refractivity contribution in [3.63, 3.8) is 0 Å². The van der Waals surface area contributed by atoms with Crippen LogP contribution in [0.2, 0.25) is 0 Å². The van der Waals surface area contributed by atoms with Gasteiger partial charge in [-0.05, 0) is 17.7 Å². The third-order valence-electron chi connectivity index (χ3n) is 2.86. The van der Waals surface area contributed by atoms with E-state index in [9.17, 15) is 10.2 Å². The lowest BCUT2D eigenvalue weighted by Crippen LogP contribution is -2.15. The summed E-state index contributed by atoms with van der Waals surface area (Å²) in [5.41, 5.74) is 1.54. The van der Waals surface area contributed by atoms with Gasteiger partial charge in [0.1, 0.15) is 5.75 Å². The Morgan fingerprint density at radius 1 is 1.25 bits per heavy atom. The lowest BCUT2D eigenvalue weighted by molar-refractivity contribution is 0.261. The van der Waals surface area contributed by atoms with Gasteiger partial charge in [-0.2, -0.15) is 0 Å². The molecule has 104 valence electrons. The molecule has 0 fully saturated rings. The van der Waals surface area contributed by atoms with E-state index in [2.05, 4.69) is 10.3 Å². The number of rotatable bonds is 5. The van der Waals surface area contributed by atoms with Crippen molar-refractivity contribution in [2.24, 2.45) is 4.99 Å². The van der Waals surface area contributed by atoms with Gasteiger partial charge in [-0.1, -0.05) is 36.4 Å². The smallest absolute Gasteiger partial charge is 0.124 e. The molecule has 0 heterocycles. The molecule has 0 bridgehead atoms. The number of allylic oxidation sites excluding steroid dienone is 2. The van der Waals surface area contributed by atoms with Crippen LogP contribution >= 0.6 is 0 Å². The summed E-state index contributed by atoms with van der Waals surface area (Å²) < 4.78 is 0. The number of aromatic hydroxyl groups is 1. The van der Waals surface area contributed by atoms with Gasteiger partial charge in [0.2, 0.25) is 0 Å². The van der Waals surface area contributed by atoms with Crippen molar-refractivity contribution in [3.8, 4) is 5.75 Å². The normalized spacial score (nSPS) is 19.9. The molecule has 0 aromatic heterocycles. The minimum absolute atomic E-state index is 0.230. The van der Waals surface area contributed by atoms with Crippen LogP contribution in [0, 0.1) is 0 Å². The predicted octanol–water partition coefficient (Wildman–Crippen LogP) is 1.77. The molecule has 0 saturated carbocycles. The van der Waals surface area contributed by atoms with Gasteiger partial charge in [0.05, 0.1) is 12.6 Å². The van der Waals surface area contributed by atoms with Crippen LogP contribution in [0.15, 0.2) is 65.3 Å². The number of nitrogens with zero attached hydrogens (tertiary/aromatic N) is 1. The fourth-order valence-corrected chi connectivity index (χ4v) is 1.76. The lowest BCUT2D eigenvalue weighted by atomic mass is 10.1. The maximum absolute atomic E-state index is 9.65. The largest absolute Gasteiger partial charge is 0.507 e. The van der Waals surface area contributed by atoms with Gasteiger partial charge in [-0.25, -0.2) is 0 Å². The van der Waals surface area contributed by atoms with Crippen LogP contribution < -0.4 is 5.32 Å². The van der Waals surface area contributed by atoms with Crippen molar-refractivity contribution >= 4 is 6.21 Å². The third kappa shape index (κ3) is 4.10. The van der Waals surface area contributed by atoms with E-state index in [0.717, 1.165) is 5.57 Å². The van der Waals surface area contributed by atoms with E-state index in [1.807, 2.05) is 30.4 Å². The fraction of sp³-hybridized carbons (Fsp3) is 0.188. The highest BCUT2D eigenvalue weighted by molar-refractivity contribution is 5.83. The quantitative estimate of drug-likeness (QED) is 0.564. The first-order valence-corrected chi connectivity index (χ1v) is 6.51. The van der Waals surface area contributed by atoms with Crippen LogP contribution in [0.25, 0.3) is 0 Å². The van der Waals surface area contributed by atoms with E-state index in [0.29, 0.717) is 18.7 Å². The van der Waals surface area contributed by atoms with E-state index in [-0.39, 0.29) is 5.75 Å². The van der Waals surface area contributed by atoms with Crippen molar-refractivity contribution in [2.45, 2.75) is 6.10 Å². The molecule has 4 heteroatoms.